The van der Waals surface area contributed by atoms with Crippen molar-refractivity contribution in [3.63, 3.8) is 0 Å². The van der Waals surface area contributed by atoms with Crippen LogP contribution in [0.5, 0.6) is 0 Å². The van der Waals surface area contributed by atoms with Crippen LogP contribution < -0.4 is 0 Å². The van der Waals surface area contributed by atoms with Gasteiger partial charge in [-0.05, 0) is 34.7 Å². The fraction of sp³-hybridized carbons (Fsp3) is 0.269. The molecule has 2 atom stereocenters. The van der Waals surface area contributed by atoms with Crippen molar-refractivity contribution in [3.05, 3.63) is 77.1 Å². The number of aromatic nitrogens is 2. The Morgan fingerprint density at radius 3 is 2.27 bits per heavy atom. The van der Waals surface area contributed by atoms with Gasteiger partial charge < -0.3 is 15.3 Å². The van der Waals surface area contributed by atoms with Crippen molar-refractivity contribution in [1.29, 1.82) is 0 Å². The molecule has 3 aromatic rings. The molecule has 0 saturated heterocycles. The average Bonchev–Trinajstić information content (AvgIpc) is 2.77. The van der Waals surface area contributed by atoms with Crippen LogP contribution in [-0.4, -0.2) is 43.5 Å². The first-order chi connectivity index (χ1) is 15.7. The van der Waals surface area contributed by atoms with Crippen molar-refractivity contribution in [2.24, 2.45) is 0 Å². The molecule has 172 valence electrons. The molecular formula is C26H27ClN2O4. The third kappa shape index (κ3) is 6.96. The van der Waals surface area contributed by atoms with E-state index in [1.165, 1.54) is 6.08 Å². The molecule has 0 saturated carbocycles. The lowest BCUT2D eigenvalue weighted by atomic mass is 9.92. The van der Waals surface area contributed by atoms with E-state index >= 15 is 0 Å². The van der Waals surface area contributed by atoms with Crippen LogP contribution in [0.4, 0.5) is 0 Å². The second kappa shape index (κ2) is 11.2. The number of nitrogens with zero attached hydrogens (tertiary/aromatic N) is 2. The molecule has 1 heterocycles. The summed E-state index contributed by atoms with van der Waals surface area (Å²) in [6.45, 7) is 4.25. The minimum absolute atomic E-state index is 0.0561. The molecule has 0 fully saturated rings. The molecule has 0 bridgehead atoms. The lowest BCUT2D eigenvalue weighted by Gasteiger charge is -2.14. The van der Waals surface area contributed by atoms with Crippen LogP contribution in [0.25, 0.3) is 28.6 Å². The summed E-state index contributed by atoms with van der Waals surface area (Å²) in [5.41, 5.74) is 4.96. The summed E-state index contributed by atoms with van der Waals surface area (Å²) in [6, 6.07) is 14.0. The number of hydrogen-bond donors (Lipinski definition) is 3. The average molecular weight is 467 g/mol. The third-order valence-electron chi connectivity index (χ3n) is 5.20. The maximum absolute atomic E-state index is 10.6. The van der Waals surface area contributed by atoms with Crippen LogP contribution >= 0.6 is 11.6 Å². The molecule has 1 aromatic heterocycles. The summed E-state index contributed by atoms with van der Waals surface area (Å²) >= 11 is 6.01. The first-order valence-corrected chi connectivity index (χ1v) is 11.1. The second-order valence-corrected chi connectivity index (χ2v) is 8.65. The molecule has 0 amide bonds. The highest BCUT2D eigenvalue weighted by atomic mass is 35.5. The van der Waals surface area contributed by atoms with Crippen molar-refractivity contribution in [2.45, 2.75) is 44.8 Å². The molecular weight excluding hydrogens is 440 g/mol. The number of carbonyl (C=O) groups is 1. The number of carboxylic acid groups (broad SMARTS) is 1. The monoisotopic (exact) mass is 466 g/mol. The van der Waals surface area contributed by atoms with Crippen molar-refractivity contribution in [1.82, 2.24) is 9.97 Å². The van der Waals surface area contributed by atoms with Gasteiger partial charge in [0, 0.05) is 35.0 Å². The normalized spacial score (nSPS) is 13.4. The minimum atomic E-state index is -1.11. The molecule has 3 N–H and O–H groups in total. The summed E-state index contributed by atoms with van der Waals surface area (Å²) in [4.78, 5) is 19.6. The Kier molecular flexibility index (Phi) is 8.33. The second-order valence-electron chi connectivity index (χ2n) is 8.22. The Bertz CT molecular complexity index is 1110. The van der Waals surface area contributed by atoms with Gasteiger partial charge in [0.05, 0.1) is 18.6 Å². The molecule has 2 unspecified atom stereocenters. The highest BCUT2D eigenvalue weighted by molar-refractivity contribution is 6.30. The molecule has 2 aromatic carbocycles. The topological polar surface area (TPSA) is 104 Å². The molecule has 0 aliphatic rings. The van der Waals surface area contributed by atoms with E-state index in [-0.39, 0.29) is 12.3 Å². The zero-order valence-corrected chi connectivity index (χ0v) is 19.3. The zero-order chi connectivity index (χ0) is 24.0. The number of aliphatic hydroxyl groups excluding tert-OH is 2. The summed E-state index contributed by atoms with van der Waals surface area (Å²) in [5, 5.41) is 29.0. The van der Waals surface area contributed by atoms with E-state index in [9.17, 15) is 15.0 Å². The molecule has 0 aliphatic carbocycles. The Balaban J connectivity index is 1.77. The fourth-order valence-corrected chi connectivity index (χ4v) is 3.62. The predicted octanol–water partition coefficient (Wildman–Crippen LogP) is 5.19. The Hall–Kier alpha value is -3.06. The lowest BCUT2D eigenvalue weighted by Crippen LogP contribution is -2.19. The van der Waals surface area contributed by atoms with Crippen LogP contribution in [-0.2, 0) is 4.79 Å². The van der Waals surface area contributed by atoms with Gasteiger partial charge in [-0.25, -0.2) is 9.97 Å². The highest BCUT2D eigenvalue weighted by Crippen LogP contribution is 2.32. The maximum atomic E-state index is 10.6. The number of hydrogen-bond acceptors (Lipinski definition) is 5. The van der Waals surface area contributed by atoms with E-state index in [0.717, 1.165) is 22.3 Å². The maximum Gasteiger partial charge on any atom is 0.305 e. The quantitative estimate of drug-likeness (QED) is 0.401. The molecule has 0 spiro atoms. The van der Waals surface area contributed by atoms with Gasteiger partial charge >= 0.3 is 5.97 Å². The van der Waals surface area contributed by atoms with Crippen molar-refractivity contribution in [3.8, 4) is 22.5 Å². The smallest absolute Gasteiger partial charge is 0.305 e. The van der Waals surface area contributed by atoms with Crippen LogP contribution in [0.3, 0.4) is 0 Å². The number of rotatable bonds is 9. The summed E-state index contributed by atoms with van der Waals surface area (Å²) in [5.74, 6) is -0.233. The van der Waals surface area contributed by atoms with Crippen LogP contribution in [0.1, 0.15) is 43.7 Å². The van der Waals surface area contributed by atoms with Crippen LogP contribution in [0.2, 0.25) is 5.02 Å². The summed E-state index contributed by atoms with van der Waals surface area (Å²) in [6.07, 6.45) is 3.93. The summed E-state index contributed by atoms with van der Waals surface area (Å²) in [7, 11) is 0. The first-order valence-electron chi connectivity index (χ1n) is 10.7. The Morgan fingerprint density at radius 1 is 1.03 bits per heavy atom. The predicted molar refractivity (Wildman–Crippen MR) is 130 cm³/mol. The molecule has 6 nitrogen and oxygen atoms in total. The number of aliphatic hydroxyl groups is 2. The molecule has 0 radical (unpaired) electrons. The van der Waals surface area contributed by atoms with E-state index < -0.39 is 24.6 Å². The van der Waals surface area contributed by atoms with Crippen molar-refractivity contribution >= 4 is 23.6 Å². The van der Waals surface area contributed by atoms with Gasteiger partial charge in [0.2, 0.25) is 0 Å². The van der Waals surface area contributed by atoms with E-state index in [0.29, 0.717) is 16.4 Å². The Labute approximate surface area is 198 Å². The van der Waals surface area contributed by atoms with Gasteiger partial charge in [-0.1, -0.05) is 67.9 Å². The number of benzene rings is 2. The molecule has 3 rings (SSSR count). The van der Waals surface area contributed by atoms with E-state index in [1.54, 1.807) is 18.5 Å². The van der Waals surface area contributed by atoms with Gasteiger partial charge in [-0.15, -0.1) is 0 Å². The SMILES string of the molecule is CC(C)c1cc(-c2ccc(Cl)cc2)ccc1-c1ncc(/C=C/C(O)CC(O)CC(=O)O)cn1. The third-order valence-corrected chi connectivity index (χ3v) is 5.45. The fourth-order valence-electron chi connectivity index (χ4n) is 3.49. The largest absolute Gasteiger partial charge is 0.481 e. The van der Waals surface area contributed by atoms with E-state index in [4.69, 9.17) is 16.7 Å². The number of halogens is 1. The zero-order valence-electron chi connectivity index (χ0n) is 18.5. The number of aliphatic carboxylic acids is 1. The van der Waals surface area contributed by atoms with Crippen LogP contribution in [0, 0.1) is 0 Å². The minimum Gasteiger partial charge on any atom is -0.481 e. The highest BCUT2D eigenvalue weighted by Gasteiger charge is 2.14. The van der Waals surface area contributed by atoms with Gasteiger partial charge in [0.15, 0.2) is 5.82 Å². The van der Waals surface area contributed by atoms with E-state index in [1.807, 2.05) is 36.4 Å². The molecule has 7 heteroatoms. The van der Waals surface area contributed by atoms with Gasteiger partial charge in [0.25, 0.3) is 0 Å². The molecule has 0 aliphatic heterocycles. The number of carboxylic acids is 1. The van der Waals surface area contributed by atoms with Crippen molar-refractivity contribution in [2.75, 3.05) is 0 Å². The van der Waals surface area contributed by atoms with Crippen molar-refractivity contribution < 1.29 is 20.1 Å². The lowest BCUT2D eigenvalue weighted by molar-refractivity contribution is -0.139. The Morgan fingerprint density at radius 2 is 1.67 bits per heavy atom. The van der Waals surface area contributed by atoms with E-state index in [2.05, 4.69) is 29.9 Å². The first kappa shape index (κ1) is 24.6. The standard InChI is InChI=1S/C26H27ClN2O4/c1-16(2)24-11-19(18-4-7-20(27)8-5-18)6-10-23(24)26-28-14-17(15-29-26)3-9-21(30)12-22(31)13-25(32)33/h3-11,14-16,21-22,30-31H,12-13H2,1-2H3,(H,32,33)/b9-3+. The molecule has 33 heavy (non-hydrogen) atoms. The van der Waals surface area contributed by atoms with Gasteiger partial charge in [-0.3, -0.25) is 4.79 Å². The van der Waals surface area contributed by atoms with Gasteiger partial charge in [0.1, 0.15) is 0 Å². The summed E-state index contributed by atoms with van der Waals surface area (Å²) < 4.78 is 0. The van der Waals surface area contributed by atoms with Gasteiger partial charge in [-0.2, -0.15) is 0 Å². The van der Waals surface area contributed by atoms with Crippen LogP contribution in [0.15, 0.2) is 60.9 Å².